The van der Waals surface area contributed by atoms with Crippen LogP contribution in [-0.2, 0) is 4.79 Å². The van der Waals surface area contributed by atoms with Gasteiger partial charge in [-0.2, -0.15) is 0 Å². The van der Waals surface area contributed by atoms with E-state index in [0.29, 0.717) is 11.7 Å². The molecule has 7 atom stereocenters. The molecule has 4 fully saturated rings. The van der Waals surface area contributed by atoms with Crippen molar-refractivity contribution >= 4 is 5.78 Å². The molecule has 0 aromatic rings. The average Bonchev–Trinajstić information content (AvgIpc) is 2.79. The Hall–Kier alpha value is -0.370. The molecule has 0 unspecified atom stereocenters. The van der Waals surface area contributed by atoms with Gasteiger partial charge < -0.3 is 5.11 Å². The smallest absolute Gasteiger partial charge is 0.133 e. The summed E-state index contributed by atoms with van der Waals surface area (Å²) in [4.78, 5) is 11.8. The molecule has 4 saturated carbocycles. The molecule has 0 spiro atoms. The fourth-order valence-corrected chi connectivity index (χ4v) is 7.35. The minimum Gasteiger partial charge on any atom is -0.389 e. The van der Waals surface area contributed by atoms with Gasteiger partial charge in [-0.1, -0.05) is 13.8 Å². The molecule has 0 saturated heterocycles. The van der Waals surface area contributed by atoms with Gasteiger partial charge in [-0.15, -0.1) is 0 Å². The third-order valence-electron chi connectivity index (χ3n) is 8.67. The van der Waals surface area contributed by atoms with Crippen LogP contribution in [-0.4, -0.2) is 16.5 Å². The van der Waals surface area contributed by atoms with Crippen molar-refractivity contribution in [1.82, 2.24) is 0 Å². The van der Waals surface area contributed by atoms with Gasteiger partial charge in [0.1, 0.15) is 5.78 Å². The Morgan fingerprint density at radius 3 is 2.64 bits per heavy atom. The van der Waals surface area contributed by atoms with Crippen molar-refractivity contribution in [3.63, 3.8) is 0 Å². The fourth-order valence-electron chi connectivity index (χ4n) is 7.35. The largest absolute Gasteiger partial charge is 0.389 e. The second kappa shape index (κ2) is 5.06. The molecule has 124 valence electrons. The van der Waals surface area contributed by atoms with E-state index < -0.39 is 5.60 Å². The molecule has 0 aromatic heterocycles. The van der Waals surface area contributed by atoms with Crippen LogP contribution in [0.5, 0.6) is 0 Å². The summed E-state index contributed by atoms with van der Waals surface area (Å²) >= 11 is 0. The van der Waals surface area contributed by atoms with Crippen LogP contribution in [0.1, 0.15) is 78.1 Å². The second-order valence-corrected chi connectivity index (χ2v) is 9.10. The maximum absolute atomic E-state index is 11.8. The Kier molecular flexibility index (Phi) is 3.49. The lowest BCUT2D eigenvalue weighted by Gasteiger charge is -2.57. The minimum absolute atomic E-state index is 0.153. The number of aliphatic hydroxyl groups is 1. The maximum atomic E-state index is 11.8. The van der Waals surface area contributed by atoms with E-state index in [0.717, 1.165) is 55.8 Å². The third-order valence-corrected chi connectivity index (χ3v) is 8.67. The summed E-state index contributed by atoms with van der Waals surface area (Å²) in [6.07, 6.45) is 11.1. The van der Waals surface area contributed by atoms with Crippen LogP contribution in [0, 0.1) is 35.0 Å². The normalized spacial score (nSPS) is 54.5. The Balaban J connectivity index is 1.59. The van der Waals surface area contributed by atoms with E-state index in [4.69, 9.17) is 0 Å². The van der Waals surface area contributed by atoms with Crippen molar-refractivity contribution in [1.29, 1.82) is 0 Å². The van der Waals surface area contributed by atoms with Crippen molar-refractivity contribution < 1.29 is 9.90 Å². The van der Waals surface area contributed by atoms with Crippen molar-refractivity contribution in [2.75, 3.05) is 0 Å². The average molecular weight is 304 g/mol. The van der Waals surface area contributed by atoms with Crippen LogP contribution in [0.25, 0.3) is 0 Å². The van der Waals surface area contributed by atoms with E-state index in [9.17, 15) is 9.90 Å². The first-order valence-corrected chi connectivity index (χ1v) is 9.72. The lowest BCUT2D eigenvalue weighted by Crippen LogP contribution is -2.53. The zero-order valence-corrected chi connectivity index (χ0v) is 14.3. The topological polar surface area (TPSA) is 37.3 Å². The van der Waals surface area contributed by atoms with E-state index in [-0.39, 0.29) is 5.41 Å². The van der Waals surface area contributed by atoms with Gasteiger partial charge in [0.05, 0.1) is 5.60 Å². The highest BCUT2D eigenvalue weighted by molar-refractivity contribution is 5.79. The fraction of sp³-hybridized carbons (Fsp3) is 0.950. The first-order valence-electron chi connectivity index (χ1n) is 9.72. The van der Waals surface area contributed by atoms with E-state index in [1.165, 1.54) is 32.1 Å². The molecule has 4 aliphatic carbocycles. The molecule has 4 aliphatic rings. The highest BCUT2D eigenvalue weighted by Crippen LogP contribution is 2.65. The number of rotatable bonds is 1. The lowest BCUT2D eigenvalue weighted by molar-refractivity contribution is -0.138. The van der Waals surface area contributed by atoms with Gasteiger partial charge in [-0.25, -0.2) is 0 Å². The summed E-state index contributed by atoms with van der Waals surface area (Å²) in [5.74, 6) is 4.43. The van der Waals surface area contributed by atoms with Crippen LogP contribution in [0.2, 0.25) is 0 Å². The quantitative estimate of drug-likeness (QED) is 0.782. The van der Waals surface area contributed by atoms with E-state index in [1.807, 2.05) is 0 Å². The lowest BCUT2D eigenvalue weighted by atomic mass is 9.49. The standard InChI is InChI=1S/C20H32O2/c1-3-20(22)11-9-18-17-6-4-13-12-14(21)5-7-15(13)16(17)8-10-19(18,20)2/h13,15-18,22H,3-12H2,1-2H3/t13-,15+,16-,17-,18+,19+,20+/m0/s1. The van der Waals surface area contributed by atoms with Gasteiger partial charge in [-0.05, 0) is 86.4 Å². The number of fused-ring (bicyclic) bond motifs is 5. The van der Waals surface area contributed by atoms with E-state index in [1.54, 1.807) is 0 Å². The van der Waals surface area contributed by atoms with Crippen molar-refractivity contribution in [3.05, 3.63) is 0 Å². The van der Waals surface area contributed by atoms with Crippen molar-refractivity contribution in [2.24, 2.45) is 35.0 Å². The van der Waals surface area contributed by atoms with Crippen LogP contribution in [0.4, 0.5) is 0 Å². The number of carbonyl (C=O) groups excluding carboxylic acids is 1. The van der Waals surface area contributed by atoms with Gasteiger partial charge >= 0.3 is 0 Å². The van der Waals surface area contributed by atoms with Gasteiger partial charge in [-0.3, -0.25) is 4.79 Å². The Morgan fingerprint density at radius 2 is 1.86 bits per heavy atom. The second-order valence-electron chi connectivity index (χ2n) is 9.10. The third kappa shape index (κ3) is 1.92. The molecular weight excluding hydrogens is 272 g/mol. The first-order chi connectivity index (χ1) is 10.5. The molecule has 4 rings (SSSR count). The van der Waals surface area contributed by atoms with Crippen LogP contribution < -0.4 is 0 Å². The van der Waals surface area contributed by atoms with Crippen LogP contribution >= 0.6 is 0 Å². The van der Waals surface area contributed by atoms with E-state index in [2.05, 4.69) is 13.8 Å². The van der Waals surface area contributed by atoms with Crippen molar-refractivity contribution in [2.45, 2.75) is 83.7 Å². The maximum Gasteiger partial charge on any atom is 0.133 e. The summed E-state index contributed by atoms with van der Waals surface area (Å²) in [6, 6.07) is 0. The predicted octanol–water partition coefficient (Wildman–Crippen LogP) is 4.35. The molecule has 0 heterocycles. The van der Waals surface area contributed by atoms with Gasteiger partial charge in [0.15, 0.2) is 0 Å². The number of carbonyl (C=O) groups is 1. The molecule has 0 bridgehead atoms. The number of hydrogen-bond donors (Lipinski definition) is 1. The molecule has 1 N–H and O–H groups in total. The Labute approximate surface area is 135 Å². The van der Waals surface area contributed by atoms with E-state index >= 15 is 0 Å². The molecule has 2 nitrogen and oxygen atoms in total. The van der Waals surface area contributed by atoms with Crippen LogP contribution in [0.3, 0.4) is 0 Å². The predicted molar refractivity (Wildman–Crippen MR) is 87.4 cm³/mol. The van der Waals surface area contributed by atoms with Crippen molar-refractivity contribution in [3.8, 4) is 0 Å². The number of ketones is 1. The zero-order valence-electron chi connectivity index (χ0n) is 14.3. The summed E-state index contributed by atoms with van der Waals surface area (Å²) in [5, 5.41) is 11.2. The summed E-state index contributed by atoms with van der Waals surface area (Å²) in [7, 11) is 0. The molecule has 0 radical (unpaired) electrons. The first kappa shape index (κ1) is 15.2. The molecule has 0 aliphatic heterocycles. The summed E-state index contributed by atoms with van der Waals surface area (Å²) in [5.41, 5.74) is -0.262. The molecule has 2 heteroatoms. The van der Waals surface area contributed by atoms with Gasteiger partial charge in [0.2, 0.25) is 0 Å². The molecule has 0 amide bonds. The van der Waals surface area contributed by atoms with Gasteiger partial charge in [0, 0.05) is 12.8 Å². The molecular formula is C20H32O2. The zero-order chi connectivity index (χ0) is 15.5. The summed E-state index contributed by atoms with van der Waals surface area (Å²) in [6.45, 7) is 4.56. The highest BCUT2D eigenvalue weighted by Gasteiger charge is 2.61. The number of Topliss-reactive ketones (excluding diaryl/α,β-unsaturated/α-hetero) is 1. The van der Waals surface area contributed by atoms with Gasteiger partial charge in [0.25, 0.3) is 0 Å². The summed E-state index contributed by atoms with van der Waals surface area (Å²) < 4.78 is 0. The minimum atomic E-state index is -0.415. The number of hydrogen-bond acceptors (Lipinski definition) is 2. The monoisotopic (exact) mass is 304 g/mol. The Bertz CT molecular complexity index is 472. The highest BCUT2D eigenvalue weighted by atomic mass is 16.3. The SMILES string of the molecule is CC[C@@]1(O)CC[C@@H]2[C@H]3CC[C@H]4CC(=O)CC[C@H]4[C@@H]3CC[C@]21C. The molecule has 0 aromatic carbocycles. The molecule has 22 heavy (non-hydrogen) atoms. The Morgan fingerprint density at radius 1 is 1.05 bits per heavy atom. The van der Waals surface area contributed by atoms with Crippen LogP contribution in [0.15, 0.2) is 0 Å².